The van der Waals surface area contributed by atoms with Gasteiger partial charge in [-0.15, -0.1) is 0 Å². The third kappa shape index (κ3) is 8.62. The van der Waals surface area contributed by atoms with E-state index in [9.17, 15) is 0 Å². The van der Waals surface area contributed by atoms with Crippen LogP contribution >= 0.6 is 0 Å². The van der Waals surface area contributed by atoms with E-state index in [1.807, 2.05) is 75.5 Å². The average Bonchev–Trinajstić information content (AvgIpc) is 4.09. The van der Waals surface area contributed by atoms with E-state index in [0.29, 0.717) is 6.54 Å². The lowest BCUT2D eigenvalue weighted by Crippen LogP contribution is -2.01. The molecule has 0 aliphatic heterocycles. The van der Waals surface area contributed by atoms with Crippen molar-refractivity contribution < 1.29 is 13.3 Å². The summed E-state index contributed by atoms with van der Waals surface area (Å²) in [5.74, 6) is 0. The van der Waals surface area contributed by atoms with Crippen LogP contribution in [0.4, 0.5) is 0 Å². The molecule has 12 aromatic rings. The molecule has 326 valence electrons. The fourth-order valence-electron chi connectivity index (χ4n) is 8.82. The number of nitrogens with two attached hydrogens (primary N) is 1. The molecule has 12 rings (SSSR count). The summed E-state index contributed by atoms with van der Waals surface area (Å²) in [6.07, 6.45) is 0.996. The van der Waals surface area contributed by atoms with Gasteiger partial charge in [-0.3, -0.25) is 0 Å². The second-order valence-electron chi connectivity index (χ2n) is 16.0. The van der Waals surface area contributed by atoms with Crippen molar-refractivity contribution in [1.82, 2.24) is 5.32 Å². The maximum atomic E-state index is 6.65. The Hall–Kier alpha value is -7.70. The Bertz CT molecular complexity index is 3520. The first-order valence-corrected chi connectivity index (χ1v) is 22.9. The maximum Gasteiger partial charge on any atom is 0.143 e. The topological polar surface area (TPSA) is 77.5 Å². The van der Waals surface area contributed by atoms with Gasteiger partial charge in [0, 0.05) is 44.4 Å². The van der Waals surface area contributed by atoms with Crippen molar-refractivity contribution in [3.05, 3.63) is 217 Å². The number of hydrogen-bond acceptors (Lipinski definition) is 5. The predicted molar refractivity (Wildman–Crippen MR) is 279 cm³/mol. The normalized spacial score (nSPS) is 11.0. The molecule has 0 bridgehead atoms. The SMILES string of the molecule is CC.CCNC.NCc1cccc2oc3c(-c4cccc5oc6ccccc6c45)cc(-c4cccc5oc6ccccc6c45)cc3c12.c1ccc(Cc2ccc(-c3ccccc3)cc2)cc1. The maximum absolute atomic E-state index is 6.65. The van der Waals surface area contributed by atoms with Crippen molar-refractivity contribution in [3.8, 4) is 33.4 Å². The van der Waals surface area contributed by atoms with E-state index in [1.165, 1.54) is 22.3 Å². The summed E-state index contributed by atoms with van der Waals surface area (Å²) >= 11 is 0. The summed E-state index contributed by atoms with van der Waals surface area (Å²) in [7, 11) is 1.93. The molecule has 66 heavy (non-hydrogen) atoms. The Kier molecular flexibility index (Phi) is 13.2. The zero-order valence-electron chi connectivity index (χ0n) is 38.0. The molecule has 0 unspecified atom stereocenters. The van der Waals surface area contributed by atoms with Gasteiger partial charge in [-0.2, -0.15) is 0 Å². The van der Waals surface area contributed by atoms with Crippen LogP contribution in [0.5, 0.6) is 0 Å². The predicted octanol–water partition coefficient (Wildman–Crippen LogP) is 16.4. The van der Waals surface area contributed by atoms with Gasteiger partial charge in [0.05, 0.1) is 0 Å². The minimum Gasteiger partial charge on any atom is -0.456 e. The van der Waals surface area contributed by atoms with Crippen LogP contribution in [0.3, 0.4) is 0 Å². The first-order valence-electron chi connectivity index (χ1n) is 22.9. The lowest BCUT2D eigenvalue weighted by atomic mass is 9.91. The molecule has 9 aromatic carbocycles. The van der Waals surface area contributed by atoms with E-state index >= 15 is 0 Å². The van der Waals surface area contributed by atoms with Gasteiger partial charge in [0.2, 0.25) is 0 Å². The van der Waals surface area contributed by atoms with Crippen molar-refractivity contribution in [1.29, 1.82) is 0 Å². The van der Waals surface area contributed by atoms with Gasteiger partial charge in [0.25, 0.3) is 0 Å². The van der Waals surface area contributed by atoms with Crippen LogP contribution in [0.25, 0.3) is 99.2 Å². The van der Waals surface area contributed by atoms with Crippen molar-refractivity contribution in [3.63, 3.8) is 0 Å². The zero-order valence-corrected chi connectivity index (χ0v) is 38.0. The molecule has 3 heterocycles. The Labute approximate surface area is 386 Å². The molecule has 0 aliphatic rings. The van der Waals surface area contributed by atoms with Crippen molar-refractivity contribution in [2.75, 3.05) is 13.6 Å². The van der Waals surface area contributed by atoms with Gasteiger partial charge in [-0.05, 0) is 107 Å². The molecule has 0 aliphatic carbocycles. The quantitative estimate of drug-likeness (QED) is 0.167. The van der Waals surface area contributed by atoms with Gasteiger partial charge < -0.3 is 24.3 Å². The monoisotopic (exact) mass is 862 g/mol. The van der Waals surface area contributed by atoms with Crippen LogP contribution in [-0.2, 0) is 13.0 Å². The minimum atomic E-state index is 0.426. The molecule has 0 spiro atoms. The number of para-hydroxylation sites is 2. The van der Waals surface area contributed by atoms with E-state index in [-0.39, 0.29) is 0 Å². The molecular weight excluding hydrogens is 809 g/mol. The van der Waals surface area contributed by atoms with Crippen LogP contribution in [0.1, 0.15) is 37.5 Å². The Morgan fingerprint density at radius 2 is 0.894 bits per heavy atom. The molecule has 0 radical (unpaired) electrons. The highest BCUT2D eigenvalue weighted by Gasteiger charge is 2.22. The average molecular weight is 863 g/mol. The third-order valence-corrected chi connectivity index (χ3v) is 12.0. The van der Waals surface area contributed by atoms with Crippen molar-refractivity contribution in [2.45, 2.75) is 33.7 Å². The number of benzene rings is 9. The second-order valence-corrected chi connectivity index (χ2v) is 16.0. The van der Waals surface area contributed by atoms with Crippen molar-refractivity contribution >= 4 is 65.8 Å². The molecule has 0 atom stereocenters. The highest BCUT2D eigenvalue weighted by Crippen LogP contribution is 2.46. The summed E-state index contributed by atoms with van der Waals surface area (Å²) in [6, 6.07) is 69.5. The summed E-state index contributed by atoms with van der Waals surface area (Å²) in [5.41, 5.74) is 22.0. The second kappa shape index (κ2) is 20.0. The van der Waals surface area contributed by atoms with Gasteiger partial charge in [0.1, 0.15) is 33.5 Å². The van der Waals surface area contributed by atoms with E-state index in [2.05, 4.69) is 158 Å². The molecule has 0 fully saturated rings. The largest absolute Gasteiger partial charge is 0.456 e. The van der Waals surface area contributed by atoms with Gasteiger partial charge in [-0.25, -0.2) is 0 Å². The van der Waals surface area contributed by atoms with Crippen LogP contribution < -0.4 is 11.1 Å². The smallest absolute Gasteiger partial charge is 0.143 e. The third-order valence-electron chi connectivity index (χ3n) is 12.0. The van der Waals surface area contributed by atoms with E-state index in [1.54, 1.807) is 0 Å². The van der Waals surface area contributed by atoms with Gasteiger partial charge >= 0.3 is 0 Å². The Balaban J connectivity index is 0.000000183. The number of rotatable bonds is 7. The summed E-state index contributed by atoms with van der Waals surface area (Å²) in [6.45, 7) is 7.56. The highest BCUT2D eigenvalue weighted by atomic mass is 16.3. The molecule has 5 heteroatoms. The minimum absolute atomic E-state index is 0.426. The highest BCUT2D eigenvalue weighted by molar-refractivity contribution is 6.20. The molecular formula is C61H54N2O3. The Morgan fingerprint density at radius 1 is 0.409 bits per heavy atom. The standard InChI is InChI=1S/C37H23NO3.C19H16.C3H9N.C2H6/c38-20-21-8-5-15-31-34(21)28-19-22(23-11-6-16-32-35(23)25-9-1-3-13-29(25)39-32)18-27(37(28)41-31)24-12-7-17-33-36(24)26-10-2-4-14-30(26)40-33;1-3-7-16(8-4-1)15-17-11-13-19(14-12-17)18-9-5-2-6-10-18;1-3-4-2;1-2/h1-19H,20,38H2;1-14H,15H2;4H,3H2,1-2H3;1-2H3. The van der Waals surface area contributed by atoms with Gasteiger partial charge in [-0.1, -0.05) is 178 Å². The lowest BCUT2D eigenvalue weighted by molar-refractivity contribution is 0.668. The summed E-state index contributed by atoms with van der Waals surface area (Å²) in [5, 5.41) is 9.39. The van der Waals surface area contributed by atoms with E-state index < -0.39 is 0 Å². The molecule has 0 amide bonds. The first kappa shape index (κ1) is 43.5. The van der Waals surface area contributed by atoms with Crippen LogP contribution in [0.15, 0.2) is 213 Å². The molecule has 0 saturated carbocycles. The van der Waals surface area contributed by atoms with Crippen LogP contribution in [-0.4, -0.2) is 13.6 Å². The lowest BCUT2D eigenvalue weighted by Gasteiger charge is -2.11. The first-order chi connectivity index (χ1) is 32.6. The molecule has 3 aromatic heterocycles. The number of fused-ring (bicyclic) bond motifs is 9. The molecule has 0 saturated heterocycles. The number of furan rings is 3. The fourth-order valence-corrected chi connectivity index (χ4v) is 8.82. The number of hydrogen-bond donors (Lipinski definition) is 2. The van der Waals surface area contributed by atoms with E-state index in [4.69, 9.17) is 19.0 Å². The van der Waals surface area contributed by atoms with Crippen molar-refractivity contribution in [2.24, 2.45) is 5.73 Å². The zero-order chi connectivity index (χ0) is 45.4. The summed E-state index contributed by atoms with van der Waals surface area (Å²) < 4.78 is 19.2. The molecule has 3 N–H and O–H groups in total. The number of nitrogens with one attached hydrogen (secondary N) is 1. The Morgan fingerprint density at radius 3 is 1.50 bits per heavy atom. The van der Waals surface area contributed by atoms with Gasteiger partial charge in [0.15, 0.2) is 0 Å². The van der Waals surface area contributed by atoms with Crippen LogP contribution in [0, 0.1) is 0 Å². The molecule has 5 nitrogen and oxygen atoms in total. The van der Waals surface area contributed by atoms with E-state index in [0.717, 1.165) is 107 Å². The fraction of sp³-hybridized carbons (Fsp3) is 0.115. The van der Waals surface area contributed by atoms with Crippen LogP contribution in [0.2, 0.25) is 0 Å². The summed E-state index contributed by atoms with van der Waals surface area (Å²) in [4.78, 5) is 0.